The fourth-order valence-corrected chi connectivity index (χ4v) is 1.40. The van der Waals surface area contributed by atoms with Crippen LogP contribution in [-0.2, 0) is 11.2 Å². The molecular formula is C13H19NO2. The molecule has 1 rings (SSSR count). The molecule has 0 aliphatic carbocycles. The van der Waals surface area contributed by atoms with Crippen molar-refractivity contribution < 1.29 is 9.53 Å². The van der Waals surface area contributed by atoms with Gasteiger partial charge in [0.15, 0.2) is 0 Å². The number of primary amides is 1. The predicted octanol–water partition coefficient (Wildman–Crippen LogP) is 2.28. The Morgan fingerprint density at radius 2 is 2.00 bits per heavy atom. The van der Waals surface area contributed by atoms with Crippen LogP contribution < -0.4 is 10.5 Å². The third kappa shape index (κ3) is 4.82. The molecular weight excluding hydrogens is 202 g/mol. The zero-order valence-electron chi connectivity index (χ0n) is 9.74. The van der Waals surface area contributed by atoms with E-state index in [9.17, 15) is 4.79 Å². The Morgan fingerprint density at radius 1 is 1.31 bits per heavy atom. The smallest absolute Gasteiger partial charge is 0.220 e. The van der Waals surface area contributed by atoms with Crippen molar-refractivity contribution in [2.45, 2.75) is 32.6 Å². The summed E-state index contributed by atoms with van der Waals surface area (Å²) in [5, 5.41) is 0. The van der Waals surface area contributed by atoms with Gasteiger partial charge in [0.25, 0.3) is 0 Å². The number of hydrogen-bond acceptors (Lipinski definition) is 2. The quantitative estimate of drug-likeness (QED) is 0.768. The lowest BCUT2D eigenvalue weighted by Crippen LogP contribution is -2.14. The van der Waals surface area contributed by atoms with Crippen LogP contribution in [-0.4, -0.2) is 12.5 Å². The van der Waals surface area contributed by atoms with E-state index >= 15 is 0 Å². The van der Waals surface area contributed by atoms with Crippen LogP contribution in [0.4, 0.5) is 0 Å². The molecule has 0 atom stereocenters. The molecule has 0 heterocycles. The molecule has 3 nitrogen and oxygen atoms in total. The molecule has 0 bridgehead atoms. The fourth-order valence-electron chi connectivity index (χ4n) is 1.40. The molecule has 0 unspecified atom stereocenters. The van der Waals surface area contributed by atoms with Gasteiger partial charge in [-0.3, -0.25) is 4.79 Å². The Labute approximate surface area is 96.6 Å². The van der Waals surface area contributed by atoms with Crippen LogP contribution in [0.25, 0.3) is 0 Å². The van der Waals surface area contributed by atoms with Gasteiger partial charge < -0.3 is 10.5 Å². The van der Waals surface area contributed by atoms with Crippen molar-refractivity contribution >= 4 is 5.91 Å². The lowest BCUT2D eigenvalue weighted by Gasteiger charge is -2.05. The molecule has 0 spiro atoms. The summed E-state index contributed by atoms with van der Waals surface area (Å²) < 4.78 is 5.38. The van der Waals surface area contributed by atoms with Crippen LogP contribution in [0.15, 0.2) is 24.3 Å². The Morgan fingerprint density at radius 3 is 2.56 bits per heavy atom. The van der Waals surface area contributed by atoms with Crippen LogP contribution in [0.3, 0.4) is 0 Å². The second-order valence-electron chi connectivity index (χ2n) is 3.81. The summed E-state index contributed by atoms with van der Waals surface area (Å²) in [7, 11) is 0. The minimum atomic E-state index is -0.334. The van der Waals surface area contributed by atoms with Crippen molar-refractivity contribution in [2.75, 3.05) is 6.61 Å². The summed E-state index contributed by atoms with van der Waals surface area (Å²) in [6.45, 7) is 2.53. The number of rotatable bonds is 7. The number of ether oxygens (including phenoxy) is 1. The Balaban J connectivity index is 2.36. The highest BCUT2D eigenvalue weighted by Crippen LogP contribution is 2.13. The number of unbranched alkanes of at least 4 members (excludes halogenated alkanes) is 1. The minimum absolute atomic E-state index is 0.261. The molecule has 0 saturated heterocycles. The molecule has 0 fully saturated rings. The van der Waals surface area contributed by atoms with Crippen molar-refractivity contribution in [1.82, 2.24) is 0 Å². The average Bonchev–Trinajstić information content (AvgIpc) is 2.27. The maximum atomic E-state index is 10.5. The summed E-state index contributed by atoms with van der Waals surface area (Å²) in [4.78, 5) is 10.5. The maximum Gasteiger partial charge on any atom is 0.220 e. The number of amides is 1. The lowest BCUT2D eigenvalue weighted by atomic mass is 10.1. The Hall–Kier alpha value is -1.51. The monoisotopic (exact) mass is 221 g/mol. The molecule has 2 N–H and O–H groups in total. The molecule has 3 heteroatoms. The van der Waals surface area contributed by atoms with Gasteiger partial charge in [0.05, 0.1) is 13.0 Å². The SMILES string of the molecule is CCCCc1ccc(OCCC(N)=O)cc1. The highest BCUT2D eigenvalue weighted by Gasteiger charge is 1.97. The van der Waals surface area contributed by atoms with Gasteiger partial charge in [0, 0.05) is 0 Å². The molecule has 1 aromatic rings. The van der Waals surface area contributed by atoms with Crippen molar-refractivity contribution in [3.63, 3.8) is 0 Å². The van der Waals surface area contributed by atoms with Gasteiger partial charge in [-0.15, -0.1) is 0 Å². The van der Waals surface area contributed by atoms with E-state index in [1.807, 2.05) is 12.1 Å². The third-order valence-electron chi connectivity index (χ3n) is 2.36. The molecule has 0 aliphatic rings. The number of benzene rings is 1. The molecule has 0 aliphatic heterocycles. The Bertz CT molecular complexity index is 319. The topological polar surface area (TPSA) is 52.3 Å². The first-order chi connectivity index (χ1) is 7.72. The number of hydrogen-bond donors (Lipinski definition) is 1. The number of nitrogens with two attached hydrogens (primary N) is 1. The van der Waals surface area contributed by atoms with E-state index < -0.39 is 0 Å². The van der Waals surface area contributed by atoms with Crippen molar-refractivity contribution in [3.8, 4) is 5.75 Å². The van der Waals surface area contributed by atoms with Crippen LogP contribution in [0, 0.1) is 0 Å². The van der Waals surface area contributed by atoms with Crippen LogP contribution in [0.1, 0.15) is 31.7 Å². The maximum absolute atomic E-state index is 10.5. The fraction of sp³-hybridized carbons (Fsp3) is 0.462. The number of carbonyl (C=O) groups excluding carboxylic acids is 1. The van der Waals surface area contributed by atoms with Gasteiger partial charge in [-0.1, -0.05) is 25.5 Å². The first-order valence-electron chi connectivity index (χ1n) is 5.72. The van der Waals surface area contributed by atoms with Gasteiger partial charge in [-0.2, -0.15) is 0 Å². The average molecular weight is 221 g/mol. The van der Waals surface area contributed by atoms with E-state index in [0.717, 1.165) is 12.2 Å². The first-order valence-corrected chi connectivity index (χ1v) is 5.72. The van der Waals surface area contributed by atoms with Crippen LogP contribution in [0.2, 0.25) is 0 Å². The van der Waals surface area contributed by atoms with E-state index in [4.69, 9.17) is 10.5 Å². The molecule has 1 aromatic carbocycles. The normalized spacial score (nSPS) is 10.1. The largest absolute Gasteiger partial charge is 0.493 e. The van der Waals surface area contributed by atoms with E-state index in [0.29, 0.717) is 6.61 Å². The van der Waals surface area contributed by atoms with Crippen LogP contribution >= 0.6 is 0 Å². The highest BCUT2D eigenvalue weighted by molar-refractivity contribution is 5.73. The van der Waals surface area contributed by atoms with Crippen LogP contribution in [0.5, 0.6) is 5.75 Å². The molecule has 1 amide bonds. The second-order valence-corrected chi connectivity index (χ2v) is 3.81. The van der Waals surface area contributed by atoms with Gasteiger partial charge in [0.2, 0.25) is 5.91 Å². The van der Waals surface area contributed by atoms with E-state index in [2.05, 4.69) is 19.1 Å². The second kappa shape index (κ2) is 6.88. The van der Waals surface area contributed by atoms with Gasteiger partial charge in [0.1, 0.15) is 5.75 Å². The Kier molecular flexibility index (Phi) is 5.40. The van der Waals surface area contributed by atoms with Crippen molar-refractivity contribution in [2.24, 2.45) is 5.73 Å². The van der Waals surface area contributed by atoms with Gasteiger partial charge in [-0.25, -0.2) is 0 Å². The lowest BCUT2D eigenvalue weighted by molar-refractivity contribution is -0.118. The van der Waals surface area contributed by atoms with Gasteiger partial charge in [-0.05, 0) is 30.5 Å². The number of carbonyl (C=O) groups is 1. The highest BCUT2D eigenvalue weighted by atomic mass is 16.5. The summed E-state index contributed by atoms with van der Waals surface area (Å²) in [6.07, 6.45) is 3.79. The van der Waals surface area contributed by atoms with Gasteiger partial charge >= 0.3 is 0 Å². The zero-order valence-corrected chi connectivity index (χ0v) is 9.74. The molecule has 88 valence electrons. The minimum Gasteiger partial charge on any atom is -0.493 e. The van der Waals surface area contributed by atoms with Crippen molar-refractivity contribution in [3.05, 3.63) is 29.8 Å². The number of aryl methyl sites for hydroxylation is 1. The third-order valence-corrected chi connectivity index (χ3v) is 2.36. The molecule has 16 heavy (non-hydrogen) atoms. The zero-order chi connectivity index (χ0) is 11.8. The standard InChI is InChI=1S/C13H19NO2/c1-2-3-4-11-5-7-12(8-6-11)16-10-9-13(14)15/h5-8H,2-4,9-10H2,1H3,(H2,14,15). The molecule has 0 aromatic heterocycles. The van der Waals surface area contributed by atoms with E-state index in [1.165, 1.54) is 18.4 Å². The van der Waals surface area contributed by atoms with E-state index in [1.54, 1.807) is 0 Å². The molecule has 0 saturated carbocycles. The summed E-state index contributed by atoms with van der Waals surface area (Å²) >= 11 is 0. The van der Waals surface area contributed by atoms with Crippen molar-refractivity contribution in [1.29, 1.82) is 0 Å². The van der Waals surface area contributed by atoms with E-state index in [-0.39, 0.29) is 12.3 Å². The first kappa shape index (κ1) is 12.6. The summed E-state index contributed by atoms with van der Waals surface area (Å²) in [5.74, 6) is 0.459. The summed E-state index contributed by atoms with van der Waals surface area (Å²) in [6, 6.07) is 8.00. The predicted molar refractivity (Wildman–Crippen MR) is 64.4 cm³/mol. The molecule has 0 radical (unpaired) electrons. The summed E-state index contributed by atoms with van der Waals surface area (Å²) in [5.41, 5.74) is 6.34.